The lowest BCUT2D eigenvalue weighted by Gasteiger charge is -2.39. The third-order valence-corrected chi connectivity index (χ3v) is 8.00. The van der Waals surface area contributed by atoms with Crippen molar-refractivity contribution in [2.75, 3.05) is 25.1 Å². The Morgan fingerprint density at radius 2 is 1.74 bits per heavy atom. The van der Waals surface area contributed by atoms with Crippen LogP contribution in [0.2, 0.25) is 0 Å². The summed E-state index contributed by atoms with van der Waals surface area (Å²) in [6.45, 7) is 0.948. The van der Waals surface area contributed by atoms with Crippen LogP contribution in [0.25, 0.3) is 10.9 Å². The maximum absolute atomic E-state index is 13.4. The molecule has 0 unspecified atom stereocenters. The number of piperidine rings is 1. The zero-order chi connectivity index (χ0) is 21.4. The molecule has 5 rings (SSSR count). The Morgan fingerprint density at radius 3 is 2.48 bits per heavy atom. The Balaban J connectivity index is 1.36. The first-order chi connectivity index (χ1) is 15.1. The first-order valence-corrected chi connectivity index (χ1v) is 12.0. The summed E-state index contributed by atoms with van der Waals surface area (Å²) in [6, 6.07) is 11.6. The summed E-state index contributed by atoms with van der Waals surface area (Å²) in [6.07, 6.45) is 6.92. The van der Waals surface area contributed by atoms with Gasteiger partial charge in [0, 0.05) is 42.8 Å². The quantitative estimate of drug-likeness (QED) is 0.583. The molecule has 31 heavy (non-hydrogen) atoms. The van der Waals surface area contributed by atoms with Crippen LogP contribution in [0, 0.1) is 0 Å². The van der Waals surface area contributed by atoms with Crippen LogP contribution in [0.5, 0.6) is 5.88 Å². The molecule has 1 saturated carbocycles. The highest BCUT2D eigenvalue weighted by atomic mass is 32.2. The summed E-state index contributed by atoms with van der Waals surface area (Å²) in [5.41, 5.74) is 0.528. The fourth-order valence-electron chi connectivity index (χ4n) is 4.39. The molecule has 0 amide bonds. The van der Waals surface area contributed by atoms with E-state index < -0.39 is 10.0 Å². The fourth-order valence-corrected chi connectivity index (χ4v) is 6.03. The number of sulfonamides is 1. The van der Waals surface area contributed by atoms with Gasteiger partial charge in [-0.3, -0.25) is 4.98 Å². The summed E-state index contributed by atoms with van der Waals surface area (Å²) in [5, 5.41) is 0.830. The van der Waals surface area contributed by atoms with Gasteiger partial charge in [-0.25, -0.2) is 18.4 Å². The molecule has 3 aromatic rings. The van der Waals surface area contributed by atoms with E-state index in [4.69, 9.17) is 4.74 Å². The number of hydrogen-bond acceptors (Lipinski definition) is 7. The molecule has 1 saturated heterocycles. The van der Waals surface area contributed by atoms with Gasteiger partial charge in [-0.1, -0.05) is 18.2 Å². The molecular formula is C22H25N5O3S. The highest BCUT2D eigenvalue weighted by Gasteiger charge is 2.39. The summed E-state index contributed by atoms with van der Waals surface area (Å²) in [4.78, 5) is 15.5. The zero-order valence-corrected chi connectivity index (χ0v) is 18.2. The highest BCUT2D eigenvalue weighted by molar-refractivity contribution is 7.89. The topological polar surface area (TPSA) is 88.5 Å². The number of aromatic nitrogens is 3. The van der Waals surface area contributed by atoms with E-state index in [2.05, 4.69) is 19.9 Å². The highest BCUT2D eigenvalue weighted by Crippen LogP contribution is 2.36. The minimum absolute atomic E-state index is 0.240. The molecule has 162 valence electrons. The Hall–Kier alpha value is -2.78. The number of fused-ring (bicyclic) bond motifs is 1. The molecule has 0 bridgehead atoms. The van der Waals surface area contributed by atoms with Crippen LogP contribution in [0.1, 0.15) is 25.7 Å². The number of para-hydroxylation sites is 1. The van der Waals surface area contributed by atoms with Gasteiger partial charge < -0.3 is 9.64 Å². The van der Waals surface area contributed by atoms with Crippen LogP contribution in [-0.4, -0.2) is 60.0 Å². The maximum Gasteiger partial charge on any atom is 0.245 e. The Bertz CT molecular complexity index is 1190. The van der Waals surface area contributed by atoms with Gasteiger partial charge >= 0.3 is 0 Å². The number of pyridine rings is 1. The van der Waals surface area contributed by atoms with Gasteiger partial charge in [0.05, 0.1) is 12.6 Å². The van der Waals surface area contributed by atoms with Crippen molar-refractivity contribution in [2.24, 2.45) is 0 Å². The molecule has 2 aliphatic rings. The molecule has 2 aromatic heterocycles. The van der Waals surface area contributed by atoms with Gasteiger partial charge in [0.2, 0.25) is 15.9 Å². The van der Waals surface area contributed by atoms with E-state index in [9.17, 15) is 8.42 Å². The van der Waals surface area contributed by atoms with Gasteiger partial charge in [-0.05, 0) is 37.8 Å². The second kappa shape index (κ2) is 8.05. The van der Waals surface area contributed by atoms with Crippen molar-refractivity contribution < 1.29 is 13.2 Å². The van der Waals surface area contributed by atoms with E-state index in [0.717, 1.165) is 36.9 Å². The van der Waals surface area contributed by atoms with Crippen molar-refractivity contribution in [3.63, 3.8) is 0 Å². The molecular weight excluding hydrogens is 414 g/mol. The average molecular weight is 440 g/mol. The second-order valence-corrected chi connectivity index (χ2v) is 9.93. The lowest BCUT2D eigenvalue weighted by molar-refractivity contribution is 0.308. The molecule has 2 fully saturated rings. The molecule has 0 N–H and O–H groups in total. The van der Waals surface area contributed by atoms with Crippen LogP contribution >= 0.6 is 0 Å². The average Bonchev–Trinajstić information content (AvgIpc) is 3.64. The first kappa shape index (κ1) is 20.1. The third kappa shape index (κ3) is 3.83. The summed E-state index contributed by atoms with van der Waals surface area (Å²) in [7, 11) is -2.01. The standard InChI is InChI=1S/C22H25N5O3S/c1-30-21-14-20(24-15-25-21)27(17-7-8-17)18-9-12-26(13-10-18)31(28,29)19-6-2-4-16-5-3-11-23-22(16)19/h2-6,11,14-15,17-18H,7-10,12-13H2,1H3. The Morgan fingerprint density at radius 1 is 1.00 bits per heavy atom. The van der Waals surface area contributed by atoms with Crippen LogP contribution in [-0.2, 0) is 10.0 Å². The number of ether oxygens (including phenoxy) is 1. The lowest BCUT2D eigenvalue weighted by atomic mass is 10.0. The van der Waals surface area contributed by atoms with Crippen LogP contribution < -0.4 is 9.64 Å². The van der Waals surface area contributed by atoms with Crippen LogP contribution in [0.3, 0.4) is 0 Å². The SMILES string of the molecule is COc1cc(N(C2CC2)C2CCN(S(=O)(=O)c3cccc4cccnc34)CC2)ncn1. The smallest absolute Gasteiger partial charge is 0.245 e. The number of hydrogen-bond donors (Lipinski definition) is 0. The molecule has 1 aliphatic carbocycles. The molecule has 9 heteroatoms. The lowest BCUT2D eigenvalue weighted by Crippen LogP contribution is -2.48. The Labute approximate surface area is 181 Å². The molecule has 1 aromatic carbocycles. The monoisotopic (exact) mass is 439 g/mol. The molecule has 1 aliphatic heterocycles. The Kier molecular flexibility index (Phi) is 5.23. The number of anilines is 1. The van der Waals surface area contributed by atoms with Crippen molar-refractivity contribution in [2.45, 2.75) is 42.7 Å². The predicted octanol–water partition coefficient (Wildman–Crippen LogP) is 2.86. The molecule has 3 heterocycles. The number of rotatable bonds is 6. The van der Waals surface area contributed by atoms with E-state index in [1.165, 1.54) is 6.33 Å². The largest absolute Gasteiger partial charge is 0.481 e. The molecule has 8 nitrogen and oxygen atoms in total. The zero-order valence-electron chi connectivity index (χ0n) is 17.4. The van der Waals surface area contributed by atoms with Gasteiger partial charge in [0.15, 0.2) is 0 Å². The van der Waals surface area contributed by atoms with Crippen molar-refractivity contribution >= 4 is 26.7 Å². The maximum atomic E-state index is 13.4. The van der Waals surface area contributed by atoms with Gasteiger partial charge in [-0.15, -0.1) is 0 Å². The van der Waals surface area contributed by atoms with Crippen molar-refractivity contribution in [1.82, 2.24) is 19.3 Å². The normalized spacial score (nSPS) is 18.2. The third-order valence-electron chi connectivity index (χ3n) is 6.07. The minimum Gasteiger partial charge on any atom is -0.481 e. The first-order valence-electron chi connectivity index (χ1n) is 10.6. The molecule has 0 atom stereocenters. The van der Waals surface area contributed by atoms with Gasteiger partial charge in [0.25, 0.3) is 0 Å². The fraction of sp³-hybridized carbons (Fsp3) is 0.409. The van der Waals surface area contributed by atoms with E-state index in [-0.39, 0.29) is 10.9 Å². The van der Waals surface area contributed by atoms with E-state index in [0.29, 0.717) is 30.5 Å². The van der Waals surface area contributed by atoms with Crippen LogP contribution in [0.4, 0.5) is 5.82 Å². The van der Waals surface area contributed by atoms with Crippen molar-refractivity contribution in [3.05, 3.63) is 48.9 Å². The molecule has 0 radical (unpaired) electrons. The summed E-state index contributed by atoms with van der Waals surface area (Å²) < 4.78 is 33.7. The van der Waals surface area contributed by atoms with E-state index >= 15 is 0 Å². The summed E-state index contributed by atoms with van der Waals surface area (Å²) >= 11 is 0. The van der Waals surface area contributed by atoms with Crippen LogP contribution in [0.15, 0.2) is 53.8 Å². The van der Waals surface area contributed by atoms with E-state index in [1.54, 1.807) is 29.7 Å². The van der Waals surface area contributed by atoms with Gasteiger partial charge in [0.1, 0.15) is 17.0 Å². The van der Waals surface area contributed by atoms with Crippen molar-refractivity contribution in [1.29, 1.82) is 0 Å². The van der Waals surface area contributed by atoms with Crippen molar-refractivity contribution in [3.8, 4) is 5.88 Å². The van der Waals surface area contributed by atoms with Gasteiger partial charge in [-0.2, -0.15) is 4.31 Å². The number of benzene rings is 1. The number of methoxy groups -OCH3 is 1. The molecule has 0 spiro atoms. The second-order valence-electron chi connectivity index (χ2n) is 8.02. The van der Waals surface area contributed by atoms with E-state index in [1.807, 2.05) is 24.3 Å². The predicted molar refractivity (Wildman–Crippen MR) is 118 cm³/mol. The summed E-state index contributed by atoms with van der Waals surface area (Å²) in [5.74, 6) is 1.40. The minimum atomic E-state index is -3.61. The number of nitrogens with zero attached hydrogens (tertiary/aromatic N) is 5.